The quantitative estimate of drug-likeness (QED) is 0.0320. The SMILES string of the molecule is CC(C)(CCCCc1ccc(O)c(CCCCC(C)(C)C(=O)O)c1)C(=O)O.CC(C)(CCCc1cc(O)c(O)c(CCCC(C)(C)C(=O)O)c1O)C(=O)O. The van der Waals surface area contributed by atoms with Gasteiger partial charge in [-0.3, -0.25) is 19.2 Å². The molecule has 0 atom stereocenters. The first kappa shape index (κ1) is 47.5. The molecule has 0 aliphatic carbocycles. The molecule has 2 rings (SSSR count). The lowest BCUT2D eigenvalue weighted by molar-refractivity contribution is -0.148. The Hall–Kier alpha value is -4.48. The van der Waals surface area contributed by atoms with E-state index in [4.69, 9.17) is 20.4 Å². The first-order valence-corrected chi connectivity index (χ1v) is 18.7. The Morgan fingerprint density at radius 3 is 1.28 bits per heavy atom. The number of benzene rings is 2. The van der Waals surface area contributed by atoms with Crippen LogP contribution in [0.25, 0.3) is 0 Å². The molecule has 0 radical (unpaired) electrons. The smallest absolute Gasteiger partial charge is 0.309 e. The summed E-state index contributed by atoms with van der Waals surface area (Å²) >= 11 is 0. The van der Waals surface area contributed by atoms with Gasteiger partial charge in [-0.15, -0.1) is 0 Å². The fourth-order valence-corrected chi connectivity index (χ4v) is 5.82. The zero-order valence-corrected chi connectivity index (χ0v) is 33.4. The van der Waals surface area contributed by atoms with Crippen molar-refractivity contribution in [1.29, 1.82) is 0 Å². The van der Waals surface area contributed by atoms with Crippen molar-refractivity contribution in [2.45, 2.75) is 145 Å². The zero-order valence-electron chi connectivity index (χ0n) is 33.4. The van der Waals surface area contributed by atoms with Gasteiger partial charge in [-0.2, -0.15) is 0 Å². The normalized spacial score (nSPS) is 12.1. The van der Waals surface area contributed by atoms with Crippen molar-refractivity contribution in [3.8, 4) is 23.0 Å². The number of hydrogen-bond acceptors (Lipinski definition) is 8. The molecule has 12 nitrogen and oxygen atoms in total. The van der Waals surface area contributed by atoms with E-state index in [-0.39, 0.29) is 29.2 Å². The third-order valence-corrected chi connectivity index (χ3v) is 10.4. The van der Waals surface area contributed by atoms with Gasteiger partial charge in [0.15, 0.2) is 11.5 Å². The van der Waals surface area contributed by atoms with E-state index in [0.29, 0.717) is 50.5 Å². The lowest BCUT2D eigenvalue weighted by Gasteiger charge is -2.20. The minimum absolute atomic E-state index is 0.133. The van der Waals surface area contributed by atoms with Crippen LogP contribution in [0.2, 0.25) is 0 Å². The molecular weight excluding hydrogens is 696 g/mol. The molecule has 0 amide bonds. The van der Waals surface area contributed by atoms with Crippen LogP contribution in [0.1, 0.15) is 142 Å². The minimum Gasteiger partial charge on any atom is -0.508 e. The Morgan fingerprint density at radius 1 is 0.444 bits per heavy atom. The third-order valence-electron chi connectivity index (χ3n) is 10.4. The summed E-state index contributed by atoms with van der Waals surface area (Å²) in [5, 5.41) is 77.2. The van der Waals surface area contributed by atoms with Gasteiger partial charge >= 0.3 is 23.9 Å². The number of phenols is 4. The first-order chi connectivity index (χ1) is 24.7. The summed E-state index contributed by atoms with van der Waals surface area (Å²) in [6, 6.07) is 6.92. The highest BCUT2D eigenvalue weighted by Gasteiger charge is 2.29. The second kappa shape index (κ2) is 20.3. The molecule has 0 saturated heterocycles. The number of aliphatic carboxylic acids is 4. The molecule has 54 heavy (non-hydrogen) atoms. The maximum Gasteiger partial charge on any atom is 0.309 e. The maximum absolute atomic E-state index is 11.2. The second-order valence-corrected chi connectivity index (χ2v) is 17.1. The van der Waals surface area contributed by atoms with E-state index in [0.717, 1.165) is 49.7 Å². The molecule has 12 heteroatoms. The van der Waals surface area contributed by atoms with Crippen molar-refractivity contribution in [2.24, 2.45) is 21.7 Å². The number of rotatable bonds is 22. The summed E-state index contributed by atoms with van der Waals surface area (Å²) in [5.74, 6) is -3.98. The van der Waals surface area contributed by atoms with Crippen molar-refractivity contribution in [2.75, 3.05) is 0 Å². The van der Waals surface area contributed by atoms with Crippen LogP contribution in [0.5, 0.6) is 23.0 Å². The van der Waals surface area contributed by atoms with E-state index in [2.05, 4.69) is 0 Å². The van der Waals surface area contributed by atoms with Gasteiger partial charge in [-0.25, -0.2) is 0 Å². The van der Waals surface area contributed by atoms with Crippen LogP contribution in [0.4, 0.5) is 0 Å². The van der Waals surface area contributed by atoms with E-state index in [9.17, 15) is 39.6 Å². The molecule has 0 bridgehead atoms. The number of unbranched alkanes of at least 4 members (excludes halogenated alkanes) is 2. The highest BCUT2D eigenvalue weighted by Crippen LogP contribution is 2.41. The molecule has 0 unspecified atom stereocenters. The van der Waals surface area contributed by atoms with E-state index in [1.807, 2.05) is 12.1 Å². The minimum atomic E-state index is -0.923. The molecule has 2 aromatic rings. The molecule has 2 aromatic carbocycles. The molecular formula is C42H64O12. The Labute approximate surface area is 319 Å². The first-order valence-electron chi connectivity index (χ1n) is 18.7. The van der Waals surface area contributed by atoms with Crippen LogP contribution < -0.4 is 0 Å². The lowest BCUT2D eigenvalue weighted by atomic mass is 9.85. The molecule has 304 valence electrons. The number of aryl methyl sites for hydroxylation is 3. The van der Waals surface area contributed by atoms with Crippen molar-refractivity contribution in [1.82, 2.24) is 0 Å². The van der Waals surface area contributed by atoms with Gasteiger partial charge in [-0.1, -0.05) is 25.0 Å². The van der Waals surface area contributed by atoms with Gasteiger partial charge in [-0.05, 0) is 161 Å². The molecule has 0 fully saturated rings. The number of phenolic OH excluding ortho intramolecular Hbond substituents is 4. The highest BCUT2D eigenvalue weighted by molar-refractivity contribution is 5.74. The third kappa shape index (κ3) is 15.1. The second-order valence-electron chi connectivity index (χ2n) is 17.1. The number of aromatic hydroxyl groups is 4. The van der Waals surface area contributed by atoms with Crippen LogP contribution in [-0.2, 0) is 44.9 Å². The molecule has 0 saturated carbocycles. The van der Waals surface area contributed by atoms with Gasteiger partial charge in [0.2, 0.25) is 0 Å². The van der Waals surface area contributed by atoms with Crippen LogP contribution in [0, 0.1) is 21.7 Å². The fraction of sp³-hybridized carbons (Fsp3) is 0.619. The number of hydrogen-bond donors (Lipinski definition) is 8. The average molecular weight is 761 g/mol. The van der Waals surface area contributed by atoms with Crippen LogP contribution >= 0.6 is 0 Å². The van der Waals surface area contributed by atoms with E-state index in [1.165, 1.54) is 6.07 Å². The molecule has 0 aromatic heterocycles. The zero-order chi connectivity index (χ0) is 41.7. The van der Waals surface area contributed by atoms with Crippen molar-refractivity contribution < 1.29 is 60.0 Å². The summed E-state index contributed by atoms with van der Waals surface area (Å²) in [6.07, 6.45) is 8.44. The fourth-order valence-electron chi connectivity index (χ4n) is 5.82. The van der Waals surface area contributed by atoms with Crippen molar-refractivity contribution >= 4 is 23.9 Å². The number of carboxylic acid groups (broad SMARTS) is 4. The van der Waals surface area contributed by atoms with E-state index in [1.54, 1.807) is 61.5 Å². The van der Waals surface area contributed by atoms with Crippen molar-refractivity contribution in [3.63, 3.8) is 0 Å². The summed E-state index contributed by atoms with van der Waals surface area (Å²) in [7, 11) is 0. The molecule has 0 aliphatic heterocycles. The molecule has 0 aliphatic rings. The molecule has 0 heterocycles. The number of carboxylic acids is 4. The topological polar surface area (TPSA) is 230 Å². The Bertz CT molecular complexity index is 1590. The molecule has 0 spiro atoms. The van der Waals surface area contributed by atoms with Crippen LogP contribution in [0.3, 0.4) is 0 Å². The lowest BCUT2D eigenvalue weighted by Crippen LogP contribution is -2.23. The average Bonchev–Trinajstić information content (AvgIpc) is 3.06. The highest BCUT2D eigenvalue weighted by atomic mass is 16.4. The van der Waals surface area contributed by atoms with Crippen LogP contribution in [0.15, 0.2) is 24.3 Å². The summed E-state index contributed by atoms with van der Waals surface area (Å²) < 4.78 is 0. The number of carbonyl (C=O) groups is 4. The van der Waals surface area contributed by atoms with Gasteiger partial charge in [0.25, 0.3) is 0 Å². The van der Waals surface area contributed by atoms with Gasteiger partial charge in [0, 0.05) is 5.56 Å². The predicted octanol–water partition coefficient (Wildman–Crippen LogP) is 8.71. The standard InChI is InChI=1S/C22H34O5.C20H30O7/c1-21(2,19(24)25)13-7-5-9-16-11-12-18(23)17(15-16)10-6-8-14-22(3,4)20(26)27;1-19(2,17(24)25)9-5-7-12-11-14(21)16(23)13(15(12)22)8-6-10-20(3,4)18(26)27/h11-12,15,23H,5-10,13-14H2,1-4H3,(H,24,25)(H,26,27);11,21-23H,5-10H2,1-4H3,(H,24,25)(H,26,27). The summed E-state index contributed by atoms with van der Waals surface area (Å²) in [6.45, 7) is 13.4. The maximum atomic E-state index is 11.2. The van der Waals surface area contributed by atoms with Crippen LogP contribution in [-0.4, -0.2) is 64.7 Å². The molecule has 8 N–H and O–H groups in total. The van der Waals surface area contributed by atoms with E-state index >= 15 is 0 Å². The monoisotopic (exact) mass is 760 g/mol. The van der Waals surface area contributed by atoms with Gasteiger partial charge in [0.05, 0.1) is 21.7 Å². The van der Waals surface area contributed by atoms with E-state index < -0.39 is 51.3 Å². The van der Waals surface area contributed by atoms with Crippen molar-refractivity contribution in [3.05, 3.63) is 46.5 Å². The predicted molar refractivity (Wildman–Crippen MR) is 206 cm³/mol. The summed E-state index contributed by atoms with van der Waals surface area (Å²) in [4.78, 5) is 44.6. The largest absolute Gasteiger partial charge is 0.508 e. The Kier molecular flexibility index (Phi) is 17.8. The van der Waals surface area contributed by atoms with Gasteiger partial charge < -0.3 is 40.9 Å². The summed E-state index contributed by atoms with van der Waals surface area (Å²) in [5.41, 5.74) is -0.569. The Balaban J connectivity index is 0.000000540. The van der Waals surface area contributed by atoms with Gasteiger partial charge in [0.1, 0.15) is 11.5 Å². The Morgan fingerprint density at radius 2 is 0.833 bits per heavy atom.